The zero-order chi connectivity index (χ0) is 13.9. The van der Waals surface area contributed by atoms with Crippen molar-refractivity contribution < 1.29 is 4.79 Å². The van der Waals surface area contributed by atoms with Crippen molar-refractivity contribution in [3.05, 3.63) is 57.8 Å². The molecule has 2 N–H and O–H groups in total. The summed E-state index contributed by atoms with van der Waals surface area (Å²) < 4.78 is 0. The Kier molecular flexibility index (Phi) is 3.56. The summed E-state index contributed by atoms with van der Waals surface area (Å²) in [5.74, 6) is 0.0484. The van der Waals surface area contributed by atoms with Crippen LogP contribution in [-0.4, -0.2) is 17.4 Å². The maximum absolute atomic E-state index is 12.2. The van der Waals surface area contributed by atoms with Crippen LogP contribution in [0.5, 0.6) is 0 Å². The van der Waals surface area contributed by atoms with Crippen LogP contribution in [0.15, 0.2) is 41.8 Å². The van der Waals surface area contributed by atoms with E-state index in [0.717, 1.165) is 29.1 Å². The number of nitrogen functional groups attached to an aromatic ring is 1. The average Bonchev–Trinajstić information content (AvgIpc) is 2.98. The van der Waals surface area contributed by atoms with E-state index >= 15 is 0 Å². The zero-order valence-corrected chi connectivity index (χ0v) is 11.9. The molecule has 102 valence electrons. The van der Waals surface area contributed by atoms with Gasteiger partial charge in [-0.2, -0.15) is 0 Å². The normalized spacial score (nSPS) is 14.5. The molecule has 3 rings (SSSR count). The summed E-state index contributed by atoms with van der Waals surface area (Å²) in [7, 11) is 0. The molecule has 1 amide bonds. The first-order valence-electron chi connectivity index (χ1n) is 6.61. The topological polar surface area (TPSA) is 46.3 Å². The van der Waals surface area contributed by atoms with Crippen LogP contribution < -0.4 is 5.73 Å². The Balaban J connectivity index is 1.73. The van der Waals surface area contributed by atoms with Crippen molar-refractivity contribution in [2.45, 2.75) is 13.0 Å². The lowest BCUT2D eigenvalue weighted by molar-refractivity contribution is -0.126. The quantitative estimate of drug-likeness (QED) is 0.681. The Morgan fingerprint density at radius 3 is 3.00 bits per heavy atom. The van der Waals surface area contributed by atoms with E-state index in [4.69, 9.17) is 5.73 Å². The first kappa shape index (κ1) is 12.9. The lowest BCUT2D eigenvalue weighted by Gasteiger charge is -2.28. The second kappa shape index (κ2) is 5.51. The fourth-order valence-corrected chi connectivity index (χ4v) is 3.06. The Labute approximate surface area is 122 Å². The van der Waals surface area contributed by atoms with Gasteiger partial charge in [-0.3, -0.25) is 4.79 Å². The minimum atomic E-state index is 0.0484. The molecule has 1 aromatic heterocycles. The van der Waals surface area contributed by atoms with Gasteiger partial charge in [0.2, 0.25) is 5.91 Å². The van der Waals surface area contributed by atoms with E-state index in [9.17, 15) is 4.79 Å². The van der Waals surface area contributed by atoms with Gasteiger partial charge < -0.3 is 10.6 Å². The van der Waals surface area contributed by atoms with Crippen molar-refractivity contribution in [1.29, 1.82) is 0 Å². The molecule has 0 aliphatic carbocycles. The highest BCUT2D eigenvalue weighted by Gasteiger charge is 2.20. The molecule has 0 atom stereocenters. The highest BCUT2D eigenvalue weighted by molar-refractivity contribution is 7.10. The first-order valence-corrected chi connectivity index (χ1v) is 7.49. The number of fused-ring (bicyclic) bond motifs is 1. The molecule has 0 fully saturated rings. The molecule has 20 heavy (non-hydrogen) atoms. The highest BCUT2D eigenvalue weighted by atomic mass is 32.1. The average molecular weight is 284 g/mol. The summed E-state index contributed by atoms with van der Waals surface area (Å²) >= 11 is 1.63. The molecule has 0 unspecified atom stereocenters. The van der Waals surface area contributed by atoms with E-state index < -0.39 is 0 Å². The Hall–Kier alpha value is -2.07. The second-order valence-corrected chi connectivity index (χ2v) is 5.82. The Morgan fingerprint density at radius 1 is 1.30 bits per heavy atom. The third-order valence-electron chi connectivity index (χ3n) is 3.55. The monoisotopic (exact) mass is 284 g/mol. The number of nitrogens with two attached hydrogens (primary N) is 1. The van der Waals surface area contributed by atoms with Crippen molar-refractivity contribution in [1.82, 2.24) is 4.90 Å². The molecule has 0 saturated heterocycles. The number of amides is 1. The number of thiophene rings is 1. The van der Waals surface area contributed by atoms with Crippen LogP contribution >= 0.6 is 11.3 Å². The maximum atomic E-state index is 12.2. The van der Waals surface area contributed by atoms with Gasteiger partial charge in [0.15, 0.2) is 0 Å². The molecule has 0 radical (unpaired) electrons. The number of benzene rings is 1. The fraction of sp³-hybridized carbons (Fsp3) is 0.188. The second-order valence-electron chi connectivity index (χ2n) is 4.84. The van der Waals surface area contributed by atoms with E-state index in [-0.39, 0.29) is 5.91 Å². The zero-order valence-electron chi connectivity index (χ0n) is 11.1. The lowest BCUT2D eigenvalue weighted by atomic mass is 9.98. The van der Waals surface area contributed by atoms with Crippen LogP contribution in [0, 0.1) is 0 Å². The summed E-state index contributed by atoms with van der Waals surface area (Å²) in [6.07, 6.45) is 4.39. The lowest BCUT2D eigenvalue weighted by Crippen LogP contribution is -2.35. The van der Waals surface area contributed by atoms with Crippen LogP contribution in [-0.2, 0) is 17.8 Å². The SMILES string of the molecule is Nc1cccc2c1CN(C(=O)/C=C/c1cccs1)CC2. The number of carbonyl (C=O) groups excluding carboxylic acids is 1. The molecule has 2 aromatic rings. The molecule has 1 aliphatic rings. The van der Waals surface area contributed by atoms with Gasteiger partial charge in [-0.25, -0.2) is 0 Å². The van der Waals surface area contributed by atoms with Gasteiger partial charge >= 0.3 is 0 Å². The van der Waals surface area contributed by atoms with Crippen molar-refractivity contribution in [3.8, 4) is 0 Å². The number of hydrogen-bond donors (Lipinski definition) is 1. The number of anilines is 1. The third-order valence-corrected chi connectivity index (χ3v) is 4.39. The molecule has 0 spiro atoms. The number of hydrogen-bond acceptors (Lipinski definition) is 3. The van der Waals surface area contributed by atoms with Gasteiger partial charge in [0.25, 0.3) is 0 Å². The van der Waals surface area contributed by atoms with Crippen LogP contribution in [0.4, 0.5) is 5.69 Å². The van der Waals surface area contributed by atoms with Gasteiger partial charge in [-0.15, -0.1) is 11.3 Å². The molecular weight excluding hydrogens is 268 g/mol. The van der Waals surface area contributed by atoms with Crippen molar-refractivity contribution in [2.24, 2.45) is 0 Å². The summed E-state index contributed by atoms with van der Waals surface area (Å²) in [5.41, 5.74) is 9.13. The predicted molar refractivity (Wildman–Crippen MR) is 83.3 cm³/mol. The minimum Gasteiger partial charge on any atom is -0.398 e. The molecule has 4 heteroatoms. The summed E-state index contributed by atoms with van der Waals surface area (Å²) in [6, 6.07) is 9.94. The molecule has 0 bridgehead atoms. The van der Waals surface area contributed by atoms with Crippen LogP contribution in [0.25, 0.3) is 6.08 Å². The van der Waals surface area contributed by atoms with Crippen LogP contribution in [0.1, 0.15) is 16.0 Å². The summed E-state index contributed by atoms with van der Waals surface area (Å²) in [4.78, 5) is 15.2. The van der Waals surface area contributed by atoms with Crippen molar-refractivity contribution >= 4 is 29.0 Å². The summed E-state index contributed by atoms with van der Waals surface area (Å²) in [6.45, 7) is 1.36. The van der Waals surface area contributed by atoms with E-state index in [0.29, 0.717) is 6.54 Å². The van der Waals surface area contributed by atoms with Gasteiger partial charge in [0.05, 0.1) is 0 Å². The minimum absolute atomic E-state index is 0.0484. The Morgan fingerprint density at radius 2 is 2.20 bits per heavy atom. The smallest absolute Gasteiger partial charge is 0.246 e. The van der Waals surface area contributed by atoms with E-state index in [1.807, 2.05) is 40.6 Å². The van der Waals surface area contributed by atoms with E-state index in [1.54, 1.807) is 17.4 Å². The molecule has 2 heterocycles. The molecule has 3 nitrogen and oxygen atoms in total. The van der Waals surface area contributed by atoms with Gasteiger partial charge in [-0.1, -0.05) is 18.2 Å². The van der Waals surface area contributed by atoms with Crippen LogP contribution in [0.3, 0.4) is 0 Å². The Bertz CT molecular complexity index is 647. The maximum Gasteiger partial charge on any atom is 0.246 e. The van der Waals surface area contributed by atoms with Gasteiger partial charge in [0.1, 0.15) is 0 Å². The number of carbonyl (C=O) groups is 1. The molecule has 0 saturated carbocycles. The highest BCUT2D eigenvalue weighted by Crippen LogP contribution is 2.24. The predicted octanol–water partition coefficient (Wildman–Crippen LogP) is 2.93. The number of nitrogens with zero attached hydrogens (tertiary/aromatic N) is 1. The van der Waals surface area contributed by atoms with Crippen LogP contribution in [0.2, 0.25) is 0 Å². The first-order chi connectivity index (χ1) is 9.74. The van der Waals surface area contributed by atoms with Gasteiger partial charge in [0, 0.05) is 29.7 Å². The van der Waals surface area contributed by atoms with Gasteiger partial charge in [-0.05, 0) is 41.1 Å². The van der Waals surface area contributed by atoms with Crippen molar-refractivity contribution in [2.75, 3.05) is 12.3 Å². The molecular formula is C16H16N2OS. The standard InChI is InChI=1S/C16H16N2OS/c17-15-5-1-3-12-8-9-18(11-14(12)15)16(19)7-6-13-4-2-10-20-13/h1-7,10H,8-9,11,17H2/b7-6+. The van der Waals surface area contributed by atoms with E-state index in [2.05, 4.69) is 6.07 Å². The third kappa shape index (κ3) is 2.60. The number of rotatable bonds is 2. The van der Waals surface area contributed by atoms with E-state index in [1.165, 1.54) is 5.56 Å². The summed E-state index contributed by atoms with van der Waals surface area (Å²) in [5, 5.41) is 2.00. The molecule has 1 aliphatic heterocycles. The largest absolute Gasteiger partial charge is 0.398 e. The van der Waals surface area contributed by atoms with Crippen molar-refractivity contribution in [3.63, 3.8) is 0 Å². The molecule has 1 aromatic carbocycles. The fourth-order valence-electron chi connectivity index (χ4n) is 2.44.